The Hall–Kier alpha value is -1.25. The second-order valence-electron chi connectivity index (χ2n) is 4.22. The van der Waals surface area contributed by atoms with Crippen molar-refractivity contribution in [2.75, 3.05) is 0 Å². The molecule has 0 saturated carbocycles. The van der Waals surface area contributed by atoms with Gasteiger partial charge in [0.1, 0.15) is 0 Å². The lowest BCUT2D eigenvalue weighted by molar-refractivity contribution is 0.0978. The number of Topliss-reactive ketones (excluding diaryl/α,β-unsaturated/α-hetero) is 1. The van der Waals surface area contributed by atoms with Gasteiger partial charge < -0.3 is 0 Å². The van der Waals surface area contributed by atoms with E-state index in [-0.39, 0.29) is 11.3 Å². The summed E-state index contributed by atoms with van der Waals surface area (Å²) in [5, 5.41) is 0. The van der Waals surface area contributed by atoms with Crippen LogP contribution in [0.5, 0.6) is 0 Å². The van der Waals surface area contributed by atoms with Gasteiger partial charge in [0.25, 0.3) is 0 Å². The number of hydrogen-bond acceptors (Lipinski definition) is 1. The predicted molar refractivity (Wildman–Crippen MR) is 64.1 cm³/mol. The third-order valence-corrected chi connectivity index (χ3v) is 2.75. The van der Waals surface area contributed by atoms with Crippen molar-refractivity contribution in [2.45, 2.75) is 45.4 Å². The van der Waals surface area contributed by atoms with E-state index in [1.807, 2.05) is 0 Å². The molecule has 0 bridgehead atoms. The van der Waals surface area contributed by atoms with Gasteiger partial charge in [-0.3, -0.25) is 4.79 Å². The van der Waals surface area contributed by atoms with E-state index in [0.29, 0.717) is 6.42 Å². The first-order valence-corrected chi connectivity index (χ1v) is 6.13. The Kier molecular flexibility index (Phi) is 5.81. The van der Waals surface area contributed by atoms with Gasteiger partial charge in [-0.2, -0.15) is 0 Å². The number of benzene rings is 1. The van der Waals surface area contributed by atoms with E-state index in [0.717, 1.165) is 37.8 Å². The third kappa shape index (κ3) is 4.63. The van der Waals surface area contributed by atoms with Crippen LogP contribution in [0, 0.1) is 11.6 Å². The highest BCUT2D eigenvalue weighted by Gasteiger charge is 2.09. The molecule has 1 aromatic rings. The molecule has 0 fully saturated rings. The van der Waals surface area contributed by atoms with Crippen LogP contribution >= 0.6 is 0 Å². The van der Waals surface area contributed by atoms with Gasteiger partial charge >= 0.3 is 0 Å². The first-order valence-electron chi connectivity index (χ1n) is 6.13. The van der Waals surface area contributed by atoms with Gasteiger partial charge in [-0.25, -0.2) is 8.78 Å². The summed E-state index contributed by atoms with van der Waals surface area (Å²) in [4.78, 5) is 11.7. The summed E-state index contributed by atoms with van der Waals surface area (Å²) < 4.78 is 25.6. The van der Waals surface area contributed by atoms with Crippen molar-refractivity contribution in [1.29, 1.82) is 0 Å². The minimum Gasteiger partial charge on any atom is -0.294 e. The number of carbonyl (C=O) groups excluding carboxylic acids is 1. The summed E-state index contributed by atoms with van der Waals surface area (Å²) >= 11 is 0. The number of halogens is 2. The smallest absolute Gasteiger partial charge is 0.162 e. The Morgan fingerprint density at radius 3 is 2.41 bits per heavy atom. The standard InChI is InChI=1S/C14H18F2O/c1-2-3-4-5-6-7-14(17)11-8-9-12(15)13(16)10-11/h8-10H,2-7H2,1H3. The highest BCUT2D eigenvalue weighted by atomic mass is 19.2. The van der Waals surface area contributed by atoms with Gasteiger partial charge in [0.2, 0.25) is 0 Å². The average molecular weight is 240 g/mol. The molecular formula is C14H18F2O. The first-order chi connectivity index (χ1) is 8.15. The maximum atomic E-state index is 12.9. The second-order valence-corrected chi connectivity index (χ2v) is 4.22. The normalized spacial score (nSPS) is 10.5. The molecule has 0 heterocycles. The molecule has 0 unspecified atom stereocenters. The monoisotopic (exact) mass is 240 g/mol. The quantitative estimate of drug-likeness (QED) is 0.506. The van der Waals surface area contributed by atoms with Gasteiger partial charge in [-0.15, -0.1) is 0 Å². The van der Waals surface area contributed by atoms with Crippen LogP contribution in [0.3, 0.4) is 0 Å². The number of hydrogen-bond donors (Lipinski definition) is 0. The van der Waals surface area contributed by atoms with Crippen LogP contribution in [0.4, 0.5) is 8.78 Å². The van der Waals surface area contributed by atoms with E-state index >= 15 is 0 Å². The van der Waals surface area contributed by atoms with Crippen molar-refractivity contribution in [3.63, 3.8) is 0 Å². The topological polar surface area (TPSA) is 17.1 Å². The van der Waals surface area contributed by atoms with Gasteiger partial charge in [0.15, 0.2) is 17.4 Å². The number of rotatable bonds is 7. The second kappa shape index (κ2) is 7.15. The van der Waals surface area contributed by atoms with Crippen LogP contribution in [0.2, 0.25) is 0 Å². The minimum absolute atomic E-state index is 0.111. The summed E-state index contributed by atoms with van der Waals surface area (Å²) in [5.41, 5.74) is 0.263. The van der Waals surface area contributed by atoms with Crippen molar-refractivity contribution in [1.82, 2.24) is 0 Å². The van der Waals surface area contributed by atoms with Gasteiger partial charge in [-0.1, -0.05) is 32.6 Å². The highest BCUT2D eigenvalue weighted by Crippen LogP contribution is 2.13. The first kappa shape index (κ1) is 13.8. The largest absolute Gasteiger partial charge is 0.294 e. The number of unbranched alkanes of at least 4 members (excludes halogenated alkanes) is 4. The Balaban J connectivity index is 2.39. The SMILES string of the molecule is CCCCCCCC(=O)c1ccc(F)c(F)c1. The summed E-state index contributed by atoms with van der Waals surface area (Å²) in [6.07, 6.45) is 5.72. The fourth-order valence-electron chi connectivity index (χ4n) is 1.70. The molecule has 0 aliphatic heterocycles. The minimum atomic E-state index is -0.957. The molecule has 0 aliphatic carbocycles. The van der Waals surface area contributed by atoms with Gasteiger partial charge in [-0.05, 0) is 24.6 Å². The number of ketones is 1. The molecule has 0 radical (unpaired) electrons. The molecule has 0 saturated heterocycles. The average Bonchev–Trinajstić information content (AvgIpc) is 2.32. The predicted octanol–water partition coefficient (Wildman–Crippen LogP) is 4.51. The molecule has 1 aromatic carbocycles. The molecule has 17 heavy (non-hydrogen) atoms. The van der Waals surface area contributed by atoms with Crippen LogP contribution in [0.15, 0.2) is 18.2 Å². The van der Waals surface area contributed by atoms with Crippen LogP contribution in [-0.4, -0.2) is 5.78 Å². The van der Waals surface area contributed by atoms with Crippen molar-refractivity contribution in [3.05, 3.63) is 35.4 Å². The van der Waals surface area contributed by atoms with E-state index in [1.54, 1.807) is 0 Å². The molecule has 0 spiro atoms. The molecule has 0 aromatic heterocycles. The summed E-state index contributed by atoms with van der Waals surface area (Å²) in [6.45, 7) is 2.13. The molecule has 0 N–H and O–H groups in total. The van der Waals surface area contributed by atoms with Crippen LogP contribution in [0.25, 0.3) is 0 Å². The molecular weight excluding hydrogens is 222 g/mol. The van der Waals surface area contributed by atoms with Crippen LogP contribution in [0.1, 0.15) is 55.8 Å². The summed E-state index contributed by atoms with van der Waals surface area (Å²) in [6, 6.07) is 3.32. The molecule has 0 amide bonds. The van der Waals surface area contributed by atoms with E-state index < -0.39 is 11.6 Å². The molecule has 3 heteroatoms. The van der Waals surface area contributed by atoms with Crippen LogP contribution < -0.4 is 0 Å². The Morgan fingerprint density at radius 1 is 1.06 bits per heavy atom. The molecule has 0 aliphatic rings. The lowest BCUT2D eigenvalue weighted by Gasteiger charge is -2.02. The van der Waals surface area contributed by atoms with Gasteiger partial charge in [0, 0.05) is 12.0 Å². The zero-order chi connectivity index (χ0) is 12.7. The van der Waals surface area contributed by atoms with Crippen molar-refractivity contribution in [3.8, 4) is 0 Å². The lowest BCUT2D eigenvalue weighted by Crippen LogP contribution is -2.00. The Bertz CT molecular complexity index is 374. The molecule has 0 atom stereocenters. The zero-order valence-electron chi connectivity index (χ0n) is 10.1. The third-order valence-electron chi connectivity index (χ3n) is 2.75. The van der Waals surface area contributed by atoms with Crippen LogP contribution in [-0.2, 0) is 0 Å². The van der Waals surface area contributed by atoms with E-state index in [9.17, 15) is 13.6 Å². The molecule has 94 valence electrons. The maximum Gasteiger partial charge on any atom is 0.162 e. The summed E-state index contributed by atoms with van der Waals surface area (Å²) in [7, 11) is 0. The van der Waals surface area contributed by atoms with E-state index in [1.165, 1.54) is 12.5 Å². The Morgan fingerprint density at radius 2 is 1.76 bits per heavy atom. The fraction of sp³-hybridized carbons (Fsp3) is 0.500. The van der Waals surface area contributed by atoms with E-state index in [4.69, 9.17) is 0 Å². The van der Waals surface area contributed by atoms with Crippen molar-refractivity contribution in [2.24, 2.45) is 0 Å². The molecule has 1 rings (SSSR count). The Labute approximate surface area is 101 Å². The summed E-state index contributed by atoms with van der Waals surface area (Å²) in [5.74, 6) is -1.98. The fourth-order valence-corrected chi connectivity index (χ4v) is 1.70. The zero-order valence-corrected chi connectivity index (χ0v) is 10.1. The molecule has 1 nitrogen and oxygen atoms in total. The lowest BCUT2D eigenvalue weighted by atomic mass is 10.0. The number of carbonyl (C=O) groups is 1. The van der Waals surface area contributed by atoms with Crippen molar-refractivity contribution >= 4 is 5.78 Å². The van der Waals surface area contributed by atoms with E-state index in [2.05, 4.69) is 6.92 Å². The van der Waals surface area contributed by atoms with Crippen molar-refractivity contribution < 1.29 is 13.6 Å². The maximum absolute atomic E-state index is 12.9. The highest BCUT2D eigenvalue weighted by molar-refractivity contribution is 5.95. The van der Waals surface area contributed by atoms with Gasteiger partial charge in [0.05, 0.1) is 0 Å².